The summed E-state index contributed by atoms with van der Waals surface area (Å²) in [4.78, 5) is 12.5. The fraction of sp³-hybridized carbons (Fsp3) is 0.154. The third-order valence-electron chi connectivity index (χ3n) is 4.71. The number of amides is 1. The van der Waals surface area contributed by atoms with Crippen LogP contribution in [0.5, 0.6) is 23.0 Å². The Balaban J connectivity index is 1.67. The molecule has 3 aromatic rings. The predicted molar refractivity (Wildman–Crippen MR) is 140 cm³/mol. The molecule has 0 saturated carbocycles. The Labute approximate surface area is 217 Å². The SMILES string of the molecule is C=CCOc1ccc(C(=O)N/N=C/c2cc(Br)c(OCc3ccc(Cl)cc3)c(OC)c2)cc1OC. The highest BCUT2D eigenvalue weighted by molar-refractivity contribution is 9.10. The van der Waals surface area contributed by atoms with E-state index < -0.39 is 5.91 Å². The van der Waals surface area contributed by atoms with Crippen molar-refractivity contribution in [3.63, 3.8) is 0 Å². The van der Waals surface area contributed by atoms with Crippen molar-refractivity contribution in [3.8, 4) is 23.0 Å². The van der Waals surface area contributed by atoms with Gasteiger partial charge in [-0.15, -0.1) is 0 Å². The average Bonchev–Trinajstić information content (AvgIpc) is 2.87. The smallest absolute Gasteiger partial charge is 0.271 e. The van der Waals surface area contributed by atoms with E-state index in [2.05, 4.69) is 33.0 Å². The molecular formula is C26H24BrClN2O5. The van der Waals surface area contributed by atoms with Crippen molar-refractivity contribution in [1.29, 1.82) is 0 Å². The molecule has 0 spiro atoms. The molecule has 0 aromatic heterocycles. The lowest BCUT2D eigenvalue weighted by molar-refractivity contribution is 0.0954. The van der Waals surface area contributed by atoms with Crippen molar-refractivity contribution in [2.45, 2.75) is 6.61 Å². The van der Waals surface area contributed by atoms with Crippen LogP contribution in [-0.4, -0.2) is 32.9 Å². The number of nitrogens with zero attached hydrogens (tertiary/aromatic N) is 1. The third kappa shape index (κ3) is 7.24. The molecule has 0 atom stereocenters. The summed E-state index contributed by atoms with van der Waals surface area (Å²) in [7, 11) is 3.06. The lowest BCUT2D eigenvalue weighted by Crippen LogP contribution is -2.17. The van der Waals surface area contributed by atoms with Crippen LogP contribution in [0, 0.1) is 0 Å². The van der Waals surface area contributed by atoms with Crippen LogP contribution in [0.2, 0.25) is 5.02 Å². The summed E-state index contributed by atoms with van der Waals surface area (Å²) in [5.74, 6) is 1.62. The summed E-state index contributed by atoms with van der Waals surface area (Å²) in [5.41, 5.74) is 4.53. The molecule has 0 saturated heterocycles. The fourth-order valence-electron chi connectivity index (χ4n) is 3.00. The lowest BCUT2D eigenvalue weighted by Gasteiger charge is -2.13. The first kappa shape index (κ1) is 26.1. The molecule has 0 radical (unpaired) electrons. The number of carbonyl (C=O) groups excluding carboxylic acids is 1. The Morgan fingerprint density at radius 1 is 1.03 bits per heavy atom. The molecule has 9 heteroatoms. The summed E-state index contributed by atoms with van der Waals surface area (Å²) in [5, 5.41) is 4.72. The predicted octanol–water partition coefficient (Wildman–Crippen LogP) is 6.03. The zero-order chi connectivity index (χ0) is 25.2. The first-order chi connectivity index (χ1) is 16.9. The summed E-state index contributed by atoms with van der Waals surface area (Å²) in [6.45, 7) is 4.29. The van der Waals surface area contributed by atoms with Crippen molar-refractivity contribution in [2.24, 2.45) is 5.10 Å². The Hall–Kier alpha value is -3.49. The second kappa shape index (κ2) is 12.8. The quantitative estimate of drug-likeness (QED) is 0.176. The first-order valence-corrected chi connectivity index (χ1v) is 11.6. The maximum absolute atomic E-state index is 12.5. The average molecular weight is 560 g/mol. The van der Waals surface area contributed by atoms with E-state index in [0.717, 1.165) is 5.56 Å². The number of rotatable bonds is 11. The molecule has 0 aliphatic heterocycles. The van der Waals surface area contributed by atoms with Crippen LogP contribution in [0.25, 0.3) is 0 Å². The molecule has 3 rings (SSSR count). The van der Waals surface area contributed by atoms with Crippen molar-refractivity contribution >= 4 is 39.7 Å². The van der Waals surface area contributed by atoms with E-state index >= 15 is 0 Å². The molecule has 1 amide bonds. The second-order valence-electron chi connectivity index (χ2n) is 7.11. The molecule has 0 unspecified atom stereocenters. The van der Waals surface area contributed by atoms with Crippen LogP contribution < -0.4 is 24.4 Å². The third-order valence-corrected chi connectivity index (χ3v) is 5.55. The molecule has 0 aliphatic carbocycles. The van der Waals surface area contributed by atoms with E-state index in [1.165, 1.54) is 13.3 Å². The van der Waals surface area contributed by atoms with Crippen molar-refractivity contribution in [1.82, 2.24) is 5.43 Å². The second-order valence-corrected chi connectivity index (χ2v) is 8.40. The van der Waals surface area contributed by atoms with Crippen molar-refractivity contribution < 1.29 is 23.7 Å². The maximum atomic E-state index is 12.5. The van der Waals surface area contributed by atoms with Gasteiger partial charge < -0.3 is 18.9 Å². The number of ether oxygens (including phenoxy) is 4. The van der Waals surface area contributed by atoms with Gasteiger partial charge in [0.15, 0.2) is 23.0 Å². The number of hydrazone groups is 1. The molecule has 182 valence electrons. The van der Waals surface area contributed by atoms with E-state index in [-0.39, 0.29) is 0 Å². The molecule has 0 fully saturated rings. The Morgan fingerprint density at radius 3 is 2.46 bits per heavy atom. The van der Waals surface area contributed by atoms with Gasteiger partial charge >= 0.3 is 0 Å². The minimum absolute atomic E-state index is 0.330. The maximum Gasteiger partial charge on any atom is 0.271 e. The van der Waals surface area contributed by atoms with Gasteiger partial charge in [-0.1, -0.05) is 36.4 Å². The van der Waals surface area contributed by atoms with Gasteiger partial charge in [0.2, 0.25) is 0 Å². The van der Waals surface area contributed by atoms with E-state index in [1.54, 1.807) is 37.5 Å². The van der Waals surface area contributed by atoms with Crippen molar-refractivity contribution in [2.75, 3.05) is 20.8 Å². The normalized spacial score (nSPS) is 10.6. The van der Waals surface area contributed by atoms with Gasteiger partial charge in [0, 0.05) is 10.6 Å². The lowest BCUT2D eigenvalue weighted by atomic mass is 10.2. The van der Waals surface area contributed by atoms with E-state index in [4.69, 9.17) is 30.5 Å². The van der Waals surface area contributed by atoms with Crippen LogP contribution in [-0.2, 0) is 6.61 Å². The number of hydrogen-bond donors (Lipinski definition) is 1. The van der Waals surface area contributed by atoms with Crippen LogP contribution >= 0.6 is 27.5 Å². The highest BCUT2D eigenvalue weighted by atomic mass is 79.9. The highest BCUT2D eigenvalue weighted by Crippen LogP contribution is 2.37. The number of carbonyl (C=O) groups is 1. The molecule has 3 aromatic carbocycles. The number of benzene rings is 3. The number of nitrogens with one attached hydrogen (secondary N) is 1. The van der Waals surface area contributed by atoms with Crippen LogP contribution in [0.1, 0.15) is 21.5 Å². The van der Waals surface area contributed by atoms with Gasteiger partial charge in [-0.25, -0.2) is 5.43 Å². The number of hydrogen-bond acceptors (Lipinski definition) is 6. The number of halogens is 2. The first-order valence-electron chi connectivity index (χ1n) is 10.4. The molecule has 0 heterocycles. The summed E-state index contributed by atoms with van der Waals surface area (Å²) in [6, 6.07) is 15.8. The molecule has 7 nitrogen and oxygen atoms in total. The molecule has 0 bridgehead atoms. The standard InChI is InChI=1S/C26H24BrClN2O5/c1-4-11-34-22-10-7-19(14-23(22)32-2)26(31)30-29-15-18-12-21(27)25(24(13-18)33-3)35-16-17-5-8-20(28)9-6-17/h4-10,12-15H,1,11,16H2,2-3H3,(H,30,31)/b29-15+. The van der Waals surface area contributed by atoms with Crippen molar-refractivity contribution in [3.05, 3.63) is 93.4 Å². The Bertz CT molecular complexity index is 1220. The topological polar surface area (TPSA) is 78.4 Å². The zero-order valence-electron chi connectivity index (χ0n) is 19.2. The van der Waals surface area contributed by atoms with Gasteiger partial charge in [-0.2, -0.15) is 5.10 Å². The van der Waals surface area contributed by atoms with E-state index in [1.807, 2.05) is 30.3 Å². The van der Waals surface area contributed by atoms with E-state index in [0.29, 0.717) is 56.8 Å². The van der Waals surface area contributed by atoms with E-state index in [9.17, 15) is 4.79 Å². The molecular weight excluding hydrogens is 536 g/mol. The zero-order valence-corrected chi connectivity index (χ0v) is 21.6. The number of methoxy groups -OCH3 is 2. The fourth-order valence-corrected chi connectivity index (χ4v) is 3.70. The molecule has 35 heavy (non-hydrogen) atoms. The van der Waals surface area contributed by atoms with Gasteiger partial charge in [0.25, 0.3) is 5.91 Å². The molecule has 1 N–H and O–H groups in total. The van der Waals surface area contributed by atoms with Crippen LogP contribution in [0.3, 0.4) is 0 Å². The Kier molecular flexibility index (Phi) is 9.57. The van der Waals surface area contributed by atoms with Gasteiger partial charge in [-0.3, -0.25) is 4.79 Å². The summed E-state index contributed by atoms with van der Waals surface area (Å²) < 4.78 is 22.9. The van der Waals surface area contributed by atoms with Gasteiger partial charge in [-0.05, 0) is 69.5 Å². The summed E-state index contributed by atoms with van der Waals surface area (Å²) in [6.07, 6.45) is 3.13. The van der Waals surface area contributed by atoms with Gasteiger partial charge in [0.05, 0.1) is 24.9 Å². The monoisotopic (exact) mass is 558 g/mol. The van der Waals surface area contributed by atoms with Crippen LogP contribution in [0.15, 0.2) is 76.8 Å². The minimum Gasteiger partial charge on any atom is -0.493 e. The Morgan fingerprint density at radius 2 is 1.77 bits per heavy atom. The van der Waals surface area contributed by atoms with Crippen LogP contribution in [0.4, 0.5) is 0 Å². The minimum atomic E-state index is -0.399. The highest BCUT2D eigenvalue weighted by Gasteiger charge is 2.13. The van der Waals surface area contributed by atoms with Gasteiger partial charge in [0.1, 0.15) is 13.2 Å². The molecule has 0 aliphatic rings. The summed E-state index contributed by atoms with van der Waals surface area (Å²) >= 11 is 9.45. The largest absolute Gasteiger partial charge is 0.493 e.